The quantitative estimate of drug-likeness (QED) is 0.777. The predicted octanol–water partition coefficient (Wildman–Crippen LogP) is 2.69. The van der Waals surface area contributed by atoms with Gasteiger partial charge in [-0.15, -0.1) is 0 Å². The van der Waals surface area contributed by atoms with Crippen molar-refractivity contribution in [1.82, 2.24) is 5.32 Å². The minimum atomic E-state index is -3.44. The van der Waals surface area contributed by atoms with Crippen molar-refractivity contribution < 1.29 is 13.2 Å². The number of hydrogen-bond acceptors (Lipinski definition) is 3. The molecule has 0 saturated heterocycles. The van der Waals surface area contributed by atoms with E-state index in [2.05, 4.69) is 21.2 Å². The molecule has 0 aliphatic carbocycles. The minimum absolute atomic E-state index is 0.129. The molecule has 0 aliphatic rings. The Balaban J connectivity index is 2.83. The number of amides is 1. The molecule has 0 spiro atoms. The molecule has 0 heterocycles. The average Bonchev–Trinajstić information content (AvgIpc) is 2.39. The summed E-state index contributed by atoms with van der Waals surface area (Å²) in [7, 11) is -3.44. The van der Waals surface area contributed by atoms with Gasteiger partial charge >= 0.3 is 0 Å². The van der Waals surface area contributed by atoms with Crippen LogP contribution in [0, 0.1) is 12.8 Å². The molecule has 7 heteroatoms. The van der Waals surface area contributed by atoms with Crippen LogP contribution in [0.5, 0.6) is 0 Å². The molecule has 1 aromatic carbocycles. The molecule has 0 saturated carbocycles. The third-order valence-electron chi connectivity index (χ3n) is 3.08. The van der Waals surface area contributed by atoms with Crippen LogP contribution in [0.25, 0.3) is 0 Å². The summed E-state index contributed by atoms with van der Waals surface area (Å²) < 4.78 is 26.2. The van der Waals surface area contributed by atoms with Crippen LogP contribution >= 0.6 is 15.9 Å². The van der Waals surface area contributed by atoms with Crippen molar-refractivity contribution in [1.29, 1.82) is 0 Å². The average molecular weight is 391 g/mol. The molecular weight excluding hydrogens is 368 g/mol. The van der Waals surface area contributed by atoms with Gasteiger partial charge in [0, 0.05) is 24.0 Å². The number of halogens is 1. The number of hydrogen-bond donors (Lipinski definition) is 1. The first-order chi connectivity index (χ1) is 10.1. The third kappa shape index (κ3) is 5.96. The molecule has 0 aliphatic heterocycles. The van der Waals surface area contributed by atoms with Crippen molar-refractivity contribution in [2.45, 2.75) is 27.2 Å². The molecule has 1 amide bonds. The molecule has 22 heavy (non-hydrogen) atoms. The second-order valence-electron chi connectivity index (χ2n) is 5.72. The zero-order valence-electron chi connectivity index (χ0n) is 13.4. The predicted molar refractivity (Wildman–Crippen MR) is 93.5 cm³/mol. The molecule has 0 unspecified atom stereocenters. The molecule has 0 atom stereocenters. The number of nitrogens with zero attached hydrogens (tertiary/aromatic N) is 1. The second-order valence-corrected chi connectivity index (χ2v) is 8.48. The standard InChI is InChI=1S/C15H23BrN2O3S/c1-11(2)10-17-15(19)7-8-18(22(4,20)21)13-5-6-14(16)12(3)9-13/h5-6,9,11H,7-8,10H2,1-4H3,(H,17,19). The number of benzene rings is 1. The zero-order chi connectivity index (χ0) is 16.9. The molecule has 1 rings (SSSR count). The molecule has 1 N–H and O–H groups in total. The fourth-order valence-corrected chi connectivity index (χ4v) is 3.05. The SMILES string of the molecule is Cc1cc(N(CCC(=O)NCC(C)C)S(C)(=O)=O)ccc1Br. The number of nitrogens with one attached hydrogen (secondary N) is 1. The van der Waals surface area contributed by atoms with Crippen LogP contribution < -0.4 is 9.62 Å². The summed E-state index contributed by atoms with van der Waals surface area (Å²) in [5.74, 6) is 0.222. The Hall–Kier alpha value is -1.08. The lowest BCUT2D eigenvalue weighted by molar-refractivity contribution is -0.121. The maximum atomic E-state index is 12.0. The number of anilines is 1. The summed E-state index contributed by atoms with van der Waals surface area (Å²) in [6, 6.07) is 5.32. The summed E-state index contributed by atoms with van der Waals surface area (Å²) in [4.78, 5) is 11.8. The van der Waals surface area contributed by atoms with Crippen LogP contribution in [0.4, 0.5) is 5.69 Å². The first-order valence-corrected chi connectivity index (χ1v) is 9.76. The highest BCUT2D eigenvalue weighted by Gasteiger charge is 2.19. The van der Waals surface area contributed by atoms with E-state index in [4.69, 9.17) is 0 Å². The fourth-order valence-electron chi connectivity index (χ4n) is 1.88. The Morgan fingerprint density at radius 2 is 2.00 bits per heavy atom. The van der Waals surface area contributed by atoms with E-state index in [0.29, 0.717) is 18.2 Å². The van der Waals surface area contributed by atoms with Gasteiger partial charge in [-0.1, -0.05) is 29.8 Å². The van der Waals surface area contributed by atoms with E-state index in [1.165, 1.54) is 4.31 Å². The largest absolute Gasteiger partial charge is 0.356 e. The van der Waals surface area contributed by atoms with Gasteiger partial charge in [0.25, 0.3) is 0 Å². The molecule has 0 fully saturated rings. The van der Waals surface area contributed by atoms with Gasteiger partial charge in [0.1, 0.15) is 0 Å². The van der Waals surface area contributed by atoms with Gasteiger partial charge in [0.2, 0.25) is 15.9 Å². The van der Waals surface area contributed by atoms with Gasteiger partial charge in [-0.3, -0.25) is 9.10 Å². The van der Waals surface area contributed by atoms with Crippen LogP contribution in [-0.2, 0) is 14.8 Å². The van der Waals surface area contributed by atoms with Crippen LogP contribution in [0.3, 0.4) is 0 Å². The molecule has 0 bridgehead atoms. The fraction of sp³-hybridized carbons (Fsp3) is 0.533. The highest BCUT2D eigenvalue weighted by atomic mass is 79.9. The van der Waals surface area contributed by atoms with Crippen molar-refractivity contribution in [2.75, 3.05) is 23.7 Å². The molecule has 0 radical (unpaired) electrons. The van der Waals surface area contributed by atoms with E-state index in [1.54, 1.807) is 12.1 Å². The number of rotatable bonds is 7. The Morgan fingerprint density at radius 3 is 2.50 bits per heavy atom. The third-order valence-corrected chi connectivity index (χ3v) is 5.16. The van der Waals surface area contributed by atoms with Crippen LogP contribution in [-0.4, -0.2) is 33.7 Å². The monoisotopic (exact) mass is 390 g/mol. The summed E-state index contributed by atoms with van der Waals surface area (Å²) in [6.07, 6.45) is 1.28. The highest BCUT2D eigenvalue weighted by molar-refractivity contribution is 9.10. The molecule has 0 aromatic heterocycles. The van der Waals surface area contributed by atoms with E-state index in [0.717, 1.165) is 16.3 Å². The van der Waals surface area contributed by atoms with Gasteiger partial charge < -0.3 is 5.32 Å². The first-order valence-electron chi connectivity index (χ1n) is 7.12. The van der Waals surface area contributed by atoms with Gasteiger partial charge in [-0.2, -0.15) is 0 Å². The summed E-state index contributed by atoms with van der Waals surface area (Å²) >= 11 is 3.39. The van der Waals surface area contributed by atoms with Crippen LogP contribution in [0.2, 0.25) is 0 Å². The molecule has 1 aromatic rings. The van der Waals surface area contributed by atoms with Crippen molar-refractivity contribution in [3.05, 3.63) is 28.2 Å². The van der Waals surface area contributed by atoms with Crippen LogP contribution in [0.1, 0.15) is 25.8 Å². The maximum absolute atomic E-state index is 12.0. The number of aryl methyl sites for hydroxylation is 1. The Kier molecular flexibility index (Phi) is 6.87. The maximum Gasteiger partial charge on any atom is 0.232 e. The van der Waals surface area contributed by atoms with E-state index >= 15 is 0 Å². The van der Waals surface area contributed by atoms with E-state index < -0.39 is 10.0 Å². The van der Waals surface area contributed by atoms with Gasteiger partial charge in [0.05, 0.1) is 11.9 Å². The van der Waals surface area contributed by atoms with Gasteiger partial charge in [-0.05, 0) is 36.6 Å². The lowest BCUT2D eigenvalue weighted by Crippen LogP contribution is -2.35. The summed E-state index contributed by atoms with van der Waals surface area (Å²) in [6.45, 7) is 6.63. The minimum Gasteiger partial charge on any atom is -0.356 e. The van der Waals surface area contributed by atoms with Gasteiger partial charge in [0.15, 0.2) is 0 Å². The topological polar surface area (TPSA) is 66.5 Å². The summed E-state index contributed by atoms with van der Waals surface area (Å²) in [5.41, 5.74) is 1.51. The number of carbonyl (C=O) groups is 1. The second kappa shape index (κ2) is 7.97. The van der Waals surface area contributed by atoms with Crippen LogP contribution in [0.15, 0.2) is 22.7 Å². The van der Waals surface area contributed by atoms with E-state index in [-0.39, 0.29) is 18.9 Å². The van der Waals surface area contributed by atoms with Crippen molar-refractivity contribution >= 4 is 37.5 Å². The highest BCUT2D eigenvalue weighted by Crippen LogP contribution is 2.24. The smallest absolute Gasteiger partial charge is 0.232 e. The Bertz CT molecular complexity index is 630. The zero-order valence-corrected chi connectivity index (χ0v) is 15.8. The van der Waals surface area contributed by atoms with Crippen molar-refractivity contribution in [3.8, 4) is 0 Å². The molecule has 5 nitrogen and oxygen atoms in total. The number of sulfonamides is 1. The van der Waals surface area contributed by atoms with Crippen molar-refractivity contribution in [2.24, 2.45) is 5.92 Å². The van der Waals surface area contributed by atoms with E-state index in [1.807, 2.05) is 26.8 Å². The normalized spacial score (nSPS) is 11.5. The lowest BCUT2D eigenvalue weighted by Gasteiger charge is -2.23. The van der Waals surface area contributed by atoms with E-state index in [9.17, 15) is 13.2 Å². The Labute approximate surface area is 141 Å². The summed E-state index contributed by atoms with van der Waals surface area (Å²) in [5, 5.41) is 2.79. The number of carbonyl (C=O) groups excluding carboxylic acids is 1. The van der Waals surface area contributed by atoms with Crippen molar-refractivity contribution in [3.63, 3.8) is 0 Å². The molecular formula is C15H23BrN2O3S. The Morgan fingerprint density at radius 1 is 1.36 bits per heavy atom. The molecule has 124 valence electrons. The van der Waals surface area contributed by atoms with Gasteiger partial charge in [-0.25, -0.2) is 8.42 Å². The first kappa shape index (κ1) is 19.0. The lowest BCUT2D eigenvalue weighted by atomic mass is 10.2.